The van der Waals surface area contributed by atoms with Crippen LogP contribution in [0.2, 0.25) is 20.1 Å². The lowest BCUT2D eigenvalue weighted by Crippen LogP contribution is -2.40. The van der Waals surface area contributed by atoms with Gasteiger partial charge in [-0.3, -0.25) is 0 Å². The van der Waals surface area contributed by atoms with Crippen LogP contribution in [-0.4, -0.2) is 36.4 Å². The molecule has 2 aromatic rings. The quantitative estimate of drug-likeness (QED) is 0.235. The van der Waals surface area contributed by atoms with Crippen LogP contribution in [0.5, 0.6) is 11.5 Å². The van der Waals surface area contributed by atoms with E-state index in [0.717, 1.165) is 51.9 Å². The second-order valence-electron chi connectivity index (χ2n) is 9.45. The molecule has 2 heterocycles. The topological polar surface area (TPSA) is 83.0 Å². The van der Waals surface area contributed by atoms with E-state index in [1.54, 1.807) is 25.1 Å². The highest BCUT2D eigenvalue weighted by atomic mass is 35.5. The van der Waals surface area contributed by atoms with E-state index in [1.165, 1.54) is 6.07 Å². The van der Waals surface area contributed by atoms with Crippen LogP contribution < -0.4 is 15.5 Å². The Morgan fingerprint density at radius 3 is 2.06 bits per heavy atom. The SMILES string of the molecule is CC(O)(c1cc(Cl)c(Cl)cc1OOC(c1cc(Cl)c(Cl)cc1O)C1CCNCC1)C1CCNCC1. The molecule has 6 nitrogen and oxygen atoms in total. The van der Waals surface area contributed by atoms with Gasteiger partial charge in [0.15, 0.2) is 5.75 Å². The Hall–Kier alpha value is -0.960. The van der Waals surface area contributed by atoms with E-state index in [1.807, 2.05) is 0 Å². The fourth-order valence-corrected chi connectivity index (χ4v) is 5.66. The highest BCUT2D eigenvalue weighted by Gasteiger charge is 2.38. The number of rotatable bonds is 7. The molecule has 0 radical (unpaired) electrons. The monoisotopic (exact) mass is 562 g/mol. The summed E-state index contributed by atoms with van der Waals surface area (Å²) in [6, 6.07) is 6.21. The third-order valence-electron chi connectivity index (χ3n) is 7.13. The molecule has 2 unspecified atom stereocenters. The van der Waals surface area contributed by atoms with Crippen LogP contribution >= 0.6 is 46.4 Å². The molecular weight excluding hydrogens is 534 g/mol. The molecule has 2 atom stereocenters. The maximum atomic E-state index is 11.6. The minimum Gasteiger partial charge on any atom is -0.508 e. The molecule has 2 aromatic carbocycles. The molecule has 2 saturated heterocycles. The van der Waals surface area contributed by atoms with Gasteiger partial charge in [-0.25, -0.2) is 0 Å². The van der Waals surface area contributed by atoms with Gasteiger partial charge >= 0.3 is 0 Å². The zero-order chi connectivity index (χ0) is 25.2. The number of nitrogens with one attached hydrogen (secondary N) is 2. The number of benzene rings is 2. The molecule has 0 amide bonds. The third-order valence-corrected chi connectivity index (χ3v) is 8.58. The summed E-state index contributed by atoms with van der Waals surface area (Å²) in [6.07, 6.45) is 2.62. The molecule has 0 bridgehead atoms. The summed E-state index contributed by atoms with van der Waals surface area (Å²) in [5.74, 6) is 0.308. The highest BCUT2D eigenvalue weighted by molar-refractivity contribution is 6.42. The third kappa shape index (κ3) is 6.13. The molecule has 10 heteroatoms. The van der Waals surface area contributed by atoms with Gasteiger partial charge in [-0.1, -0.05) is 46.4 Å². The standard InChI is InChI=1S/C25H30Cl4N2O4/c1-25(33,15-4-8-31-9-5-15)17-11-19(27)21(29)13-23(17)34-35-24(14-2-6-30-7-3-14)16-10-18(26)20(28)12-22(16)32/h10-15,24,30-33H,2-9H2,1H3. The highest BCUT2D eigenvalue weighted by Crippen LogP contribution is 2.45. The molecule has 192 valence electrons. The first-order chi connectivity index (χ1) is 16.7. The summed E-state index contributed by atoms with van der Waals surface area (Å²) < 4.78 is 0. The largest absolute Gasteiger partial charge is 0.508 e. The molecule has 35 heavy (non-hydrogen) atoms. The number of phenolic OH excluding ortho intramolecular Hbond substituents is 1. The molecule has 4 rings (SSSR count). The van der Waals surface area contributed by atoms with Crippen molar-refractivity contribution in [2.24, 2.45) is 11.8 Å². The maximum Gasteiger partial charge on any atom is 0.173 e. The van der Waals surface area contributed by atoms with E-state index in [9.17, 15) is 10.2 Å². The van der Waals surface area contributed by atoms with Crippen molar-refractivity contribution in [2.45, 2.75) is 44.3 Å². The maximum absolute atomic E-state index is 11.6. The Bertz CT molecular complexity index is 1040. The van der Waals surface area contributed by atoms with Crippen LogP contribution in [0.3, 0.4) is 0 Å². The van der Waals surface area contributed by atoms with Gasteiger partial charge in [-0.2, -0.15) is 4.89 Å². The fraction of sp³-hybridized carbons (Fsp3) is 0.520. The number of phenols is 1. The van der Waals surface area contributed by atoms with E-state index < -0.39 is 11.7 Å². The molecular formula is C25H30Cl4N2O4. The van der Waals surface area contributed by atoms with Crippen LogP contribution in [0.15, 0.2) is 24.3 Å². The molecule has 0 spiro atoms. The van der Waals surface area contributed by atoms with E-state index >= 15 is 0 Å². The average molecular weight is 564 g/mol. The van der Waals surface area contributed by atoms with E-state index in [-0.39, 0.29) is 33.4 Å². The Labute approximate surface area is 225 Å². The van der Waals surface area contributed by atoms with Crippen LogP contribution in [0, 0.1) is 11.8 Å². The lowest BCUT2D eigenvalue weighted by molar-refractivity contribution is -0.265. The number of hydrogen-bond donors (Lipinski definition) is 4. The molecule has 0 saturated carbocycles. The van der Waals surface area contributed by atoms with Crippen molar-refractivity contribution in [3.05, 3.63) is 55.5 Å². The smallest absolute Gasteiger partial charge is 0.173 e. The molecule has 0 aromatic heterocycles. The van der Waals surface area contributed by atoms with Crippen LogP contribution in [0.1, 0.15) is 49.8 Å². The van der Waals surface area contributed by atoms with Crippen molar-refractivity contribution in [1.82, 2.24) is 10.6 Å². The average Bonchev–Trinajstić information content (AvgIpc) is 2.85. The van der Waals surface area contributed by atoms with Gasteiger partial charge in [0.1, 0.15) is 11.9 Å². The molecule has 4 N–H and O–H groups in total. The van der Waals surface area contributed by atoms with Crippen molar-refractivity contribution in [3.8, 4) is 11.5 Å². The van der Waals surface area contributed by atoms with Crippen molar-refractivity contribution < 1.29 is 20.0 Å². The minimum absolute atomic E-state index is 0.00248. The number of hydrogen-bond acceptors (Lipinski definition) is 6. The summed E-state index contributed by atoms with van der Waals surface area (Å²) in [4.78, 5) is 12.0. The predicted octanol–water partition coefficient (Wildman–Crippen LogP) is 6.26. The lowest BCUT2D eigenvalue weighted by Gasteiger charge is -2.37. The van der Waals surface area contributed by atoms with Gasteiger partial charge in [-0.05, 0) is 82.8 Å². The van der Waals surface area contributed by atoms with Crippen molar-refractivity contribution in [3.63, 3.8) is 0 Å². The summed E-state index contributed by atoms with van der Waals surface area (Å²) >= 11 is 25.0. The zero-order valence-electron chi connectivity index (χ0n) is 19.4. The van der Waals surface area contributed by atoms with E-state index in [2.05, 4.69) is 10.6 Å². The van der Waals surface area contributed by atoms with Crippen molar-refractivity contribution in [2.75, 3.05) is 26.2 Å². The number of piperidine rings is 2. The Balaban J connectivity index is 1.67. The van der Waals surface area contributed by atoms with Gasteiger partial charge in [0.25, 0.3) is 0 Å². The summed E-state index contributed by atoms with van der Waals surface area (Å²) in [7, 11) is 0. The predicted molar refractivity (Wildman–Crippen MR) is 140 cm³/mol. The molecule has 2 fully saturated rings. The first-order valence-corrected chi connectivity index (χ1v) is 13.3. The first kappa shape index (κ1) is 27.1. The number of aliphatic hydroxyl groups is 1. The normalized spacial score (nSPS) is 20.4. The summed E-state index contributed by atoms with van der Waals surface area (Å²) in [6.45, 7) is 5.04. The van der Waals surface area contributed by atoms with Crippen LogP contribution in [-0.2, 0) is 10.5 Å². The molecule has 2 aliphatic rings. The van der Waals surface area contributed by atoms with E-state index in [4.69, 9.17) is 56.2 Å². The Morgan fingerprint density at radius 2 is 1.40 bits per heavy atom. The van der Waals surface area contributed by atoms with Crippen molar-refractivity contribution in [1.29, 1.82) is 0 Å². The minimum atomic E-state index is -1.22. The van der Waals surface area contributed by atoms with Crippen LogP contribution in [0.25, 0.3) is 0 Å². The second-order valence-corrected chi connectivity index (χ2v) is 11.1. The fourth-order valence-electron chi connectivity index (χ4n) is 5.01. The van der Waals surface area contributed by atoms with Gasteiger partial charge < -0.3 is 25.7 Å². The van der Waals surface area contributed by atoms with Gasteiger partial charge in [0.05, 0.1) is 25.7 Å². The number of halogens is 4. The molecule has 0 aliphatic carbocycles. The summed E-state index contributed by atoms with van der Waals surface area (Å²) in [5.41, 5.74) is -0.232. The Kier molecular flexibility index (Phi) is 8.99. The van der Waals surface area contributed by atoms with Gasteiger partial charge in [0.2, 0.25) is 0 Å². The lowest BCUT2D eigenvalue weighted by atomic mass is 9.77. The molecule has 2 aliphatic heterocycles. The number of aromatic hydroxyl groups is 1. The second kappa shape index (κ2) is 11.6. The first-order valence-electron chi connectivity index (χ1n) is 11.8. The Morgan fingerprint density at radius 1 is 0.857 bits per heavy atom. The summed E-state index contributed by atoms with van der Waals surface area (Å²) in [5, 5.41) is 30.1. The van der Waals surface area contributed by atoms with Gasteiger partial charge in [-0.15, -0.1) is 0 Å². The van der Waals surface area contributed by atoms with E-state index in [0.29, 0.717) is 21.2 Å². The zero-order valence-corrected chi connectivity index (χ0v) is 22.4. The van der Waals surface area contributed by atoms with Crippen LogP contribution in [0.4, 0.5) is 0 Å². The van der Waals surface area contributed by atoms with Crippen molar-refractivity contribution >= 4 is 46.4 Å². The van der Waals surface area contributed by atoms with Gasteiger partial charge in [0, 0.05) is 23.3 Å².